The van der Waals surface area contributed by atoms with Crippen molar-refractivity contribution in [3.8, 4) is 22.6 Å². The van der Waals surface area contributed by atoms with Crippen LogP contribution in [-0.2, 0) is 30.4 Å². The van der Waals surface area contributed by atoms with E-state index >= 15 is 0 Å². The Kier molecular flexibility index (Phi) is 8.79. The van der Waals surface area contributed by atoms with Crippen LogP contribution in [0.5, 0.6) is 11.5 Å². The van der Waals surface area contributed by atoms with Crippen molar-refractivity contribution in [2.45, 2.75) is 14.7 Å². The summed E-state index contributed by atoms with van der Waals surface area (Å²) in [4.78, 5) is -1.98. The van der Waals surface area contributed by atoms with E-state index in [0.717, 1.165) is 23.8 Å². The lowest BCUT2D eigenvalue weighted by Gasteiger charge is -2.11. The molecule has 0 unspecified atom stereocenters. The monoisotopic (exact) mass is 749 g/mol. The van der Waals surface area contributed by atoms with Gasteiger partial charge in [0, 0.05) is 16.5 Å². The van der Waals surface area contributed by atoms with Crippen LogP contribution in [0.25, 0.3) is 32.7 Å². The van der Waals surface area contributed by atoms with Gasteiger partial charge in [0.25, 0.3) is 30.4 Å². The molecular formula is C32H23N5O11S3. The van der Waals surface area contributed by atoms with Crippen molar-refractivity contribution in [3.05, 3.63) is 97.1 Å². The van der Waals surface area contributed by atoms with Crippen molar-refractivity contribution in [1.29, 1.82) is 0 Å². The van der Waals surface area contributed by atoms with Gasteiger partial charge in [0.05, 0.1) is 16.8 Å². The summed E-state index contributed by atoms with van der Waals surface area (Å²) in [5.41, 5.74) is 7.27. The van der Waals surface area contributed by atoms with Crippen molar-refractivity contribution >= 4 is 80.3 Å². The second kappa shape index (κ2) is 12.8. The number of nitrogens with two attached hydrogens (primary N) is 1. The number of aromatic hydroxyl groups is 2. The summed E-state index contributed by atoms with van der Waals surface area (Å²) in [6.45, 7) is 0. The Hall–Kier alpha value is -5.83. The van der Waals surface area contributed by atoms with Crippen LogP contribution in [0.2, 0.25) is 0 Å². The molecule has 0 aliphatic carbocycles. The SMILES string of the molecule is Nc1ccc(S(=O)(=O)O)c2ccc(N=Nc3ccc(-c4ccc(N=Nc5c(S(=O)(=O)O)cc6cccc(S(=O)(=O)O)c6c5O)cc4)cc3)c(O)c12. The highest BCUT2D eigenvalue weighted by Crippen LogP contribution is 2.44. The highest BCUT2D eigenvalue weighted by molar-refractivity contribution is 7.86. The highest BCUT2D eigenvalue weighted by Gasteiger charge is 2.26. The minimum Gasteiger partial charge on any atom is -0.505 e. The van der Waals surface area contributed by atoms with Crippen LogP contribution in [0.3, 0.4) is 0 Å². The molecule has 7 N–H and O–H groups in total. The molecule has 0 amide bonds. The van der Waals surface area contributed by atoms with Gasteiger partial charge in [-0.3, -0.25) is 13.7 Å². The quantitative estimate of drug-likeness (QED) is 0.0511. The van der Waals surface area contributed by atoms with Gasteiger partial charge in [0.1, 0.15) is 26.1 Å². The molecule has 19 heteroatoms. The lowest BCUT2D eigenvalue weighted by Crippen LogP contribution is -2.02. The summed E-state index contributed by atoms with van der Waals surface area (Å²) in [5.74, 6) is -1.38. The number of nitrogen functional groups attached to an aromatic ring is 1. The number of nitrogens with zero attached hydrogens (tertiary/aromatic N) is 4. The predicted molar refractivity (Wildman–Crippen MR) is 185 cm³/mol. The van der Waals surface area contributed by atoms with E-state index in [2.05, 4.69) is 20.5 Å². The maximum atomic E-state index is 12.1. The minimum atomic E-state index is -4.97. The van der Waals surface area contributed by atoms with Gasteiger partial charge in [-0.2, -0.15) is 35.5 Å². The van der Waals surface area contributed by atoms with Crippen LogP contribution >= 0.6 is 0 Å². The Morgan fingerprint density at radius 3 is 1.61 bits per heavy atom. The second-order valence-electron chi connectivity index (χ2n) is 10.9. The number of hydrogen-bond acceptors (Lipinski definition) is 13. The van der Waals surface area contributed by atoms with Crippen molar-refractivity contribution < 1.29 is 49.1 Å². The summed E-state index contributed by atoms with van der Waals surface area (Å²) in [6.07, 6.45) is 0. The van der Waals surface area contributed by atoms with E-state index in [-0.39, 0.29) is 33.2 Å². The van der Waals surface area contributed by atoms with Crippen LogP contribution in [0.4, 0.5) is 28.4 Å². The molecule has 260 valence electrons. The molecule has 6 rings (SSSR count). The fourth-order valence-electron chi connectivity index (χ4n) is 5.26. The molecule has 0 saturated heterocycles. The average molecular weight is 750 g/mol. The lowest BCUT2D eigenvalue weighted by molar-refractivity contribution is 0.469. The first kappa shape index (κ1) is 35.0. The Bertz CT molecular complexity index is 2790. The Morgan fingerprint density at radius 2 is 1.06 bits per heavy atom. The van der Waals surface area contributed by atoms with E-state index in [9.17, 15) is 49.1 Å². The zero-order chi connectivity index (χ0) is 36.9. The number of rotatable bonds is 8. The molecule has 6 aromatic carbocycles. The summed E-state index contributed by atoms with van der Waals surface area (Å²) in [6, 6.07) is 22.5. The number of hydrogen-bond donors (Lipinski definition) is 6. The van der Waals surface area contributed by atoms with Gasteiger partial charge in [-0.05, 0) is 71.1 Å². The summed E-state index contributed by atoms with van der Waals surface area (Å²) in [7, 11) is -14.4. The number of anilines is 1. The van der Waals surface area contributed by atoms with Gasteiger partial charge >= 0.3 is 0 Å². The van der Waals surface area contributed by atoms with E-state index in [0.29, 0.717) is 11.3 Å². The third kappa shape index (κ3) is 6.97. The number of phenols is 2. The number of fused-ring (bicyclic) bond motifs is 2. The van der Waals surface area contributed by atoms with Gasteiger partial charge in [0.15, 0.2) is 11.5 Å². The molecule has 0 aliphatic heterocycles. The predicted octanol–water partition coefficient (Wildman–Crippen LogP) is 7.22. The first-order chi connectivity index (χ1) is 23.9. The Morgan fingerprint density at radius 1 is 0.510 bits per heavy atom. The molecular weight excluding hydrogens is 727 g/mol. The number of phenolic OH excluding ortho intramolecular Hbond substituents is 2. The van der Waals surface area contributed by atoms with Crippen LogP contribution in [0.1, 0.15) is 0 Å². The fraction of sp³-hybridized carbons (Fsp3) is 0. The zero-order valence-electron chi connectivity index (χ0n) is 25.5. The smallest absolute Gasteiger partial charge is 0.296 e. The van der Waals surface area contributed by atoms with Crippen molar-refractivity contribution in [1.82, 2.24) is 0 Å². The first-order valence-electron chi connectivity index (χ1n) is 14.2. The normalized spacial score (nSPS) is 12.8. The summed E-state index contributed by atoms with van der Waals surface area (Å²) < 4.78 is 100. The molecule has 0 aliphatic rings. The second-order valence-corrected chi connectivity index (χ2v) is 15.0. The third-order valence-corrected chi connectivity index (χ3v) is 10.3. The van der Waals surface area contributed by atoms with Gasteiger partial charge < -0.3 is 15.9 Å². The zero-order valence-corrected chi connectivity index (χ0v) is 28.0. The van der Waals surface area contributed by atoms with Gasteiger partial charge in [-0.15, -0.1) is 10.2 Å². The molecule has 0 saturated carbocycles. The van der Waals surface area contributed by atoms with Crippen LogP contribution in [0, 0.1) is 0 Å². The summed E-state index contributed by atoms with van der Waals surface area (Å²) >= 11 is 0. The average Bonchev–Trinajstić information content (AvgIpc) is 3.06. The highest BCUT2D eigenvalue weighted by atomic mass is 32.2. The molecule has 0 radical (unpaired) electrons. The van der Waals surface area contributed by atoms with Crippen LogP contribution < -0.4 is 5.73 Å². The van der Waals surface area contributed by atoms with Crippen molar-refractivity contribution in [2.75, 3.05) is 5.73 Å². The molecule has 0 atom stereocenters. The van der Waals surface area contributed by atoms with E-state index < -0.39 is 67.6 Å². The first-order valence-corrected chi connectivity index (χ1v) is 18.5. The molecule has 6 aromatic rings. The standard InChI is InChI=1S/C32H23N5O11S3/c33-23-13-15-25(49(40,41)42)22-12-14-24(31(38)29(22)23)36-34-20-8-4-17(5-9-20)18-6-10-21(11-7-18)35-37-30-27(51(46,47)48)16-19-2-1-3-26(50(43,44)45)28(19)32(30)39/h1-16,38-39H,33H2,(H,40,41,42)(H,43,44,45)(H,46,47,48). The lowest BCUT2D eigenvalue weighted by atomic mass is 10.1. The fourth-order valence-corrected chi connectivity index (χ4v) is 7.33. The number of azo groups is 2. The Balaban J connectivity index is 1.25. The van der Waals surface area contributed by atoms with Gasteiger partial charge in [-0.1, -0.05) is 42.5 Å². The van der Waals surface area contributed by atoms with E-state index in [1.165, 1.54) is 42.5 Å². The minimum absolute atomic E-state index is 0.00453. The molecule has 51 heavy (non-hydrogen) atoms. The van der Waals surface area contributed by atoms with E-state index in [4.69, 9.17) is 5.73 Å². The molecule has 16 nitrogen and oxygen atoms in total. The van der Waals surface area contributed by atoms with Gasteiger partial charge in [-0.25, -0.2) is 0 Å². The molecule has 0 aromatic heterocycles. The summed E-state index contributed by atoms with van der Waals surface area (Å²) in [5, 5.41) is 37.0. The Labute approximate surface area is 289 Å². The molecule has 0 spiro atoms. The van der Waals surface area contributed by atoms with E-state index in [1.807, 2.05) is 0 Å². The van der Waals surface area contributed by atoms with Crippen molar-refractivity contribution in [3.63, 3.8) is 0 Å². The maximum absolute atomic E-state index is 12.1. The van der Waals surface area contributed by atoms with Crippen molar-refractivity contribution in [2.24, 2.45) is 20.5 Å². The number of benzene rings is 6. The van der Waals surface area contributed by atoms with Crippen LogP contribution in [0.15, 0.2) is 132 Å². The molecule has 0 bridgehead atoms. The molecule has 0 heterocycles. The van der Waals surface area contributed by atoms with Crippen LogP contribution in [-0.4, -0.2) is 49.1 Å². The maximum Gasteiger partial charge on any atom is 0.296 e. The van der Waals surface area contributed by atoms with E-state index in [1.54, 1.807) is 36.4 Å². The third-order valence-electron chi connectivity index (χ3n) is 7.60. The topological polar surface area (TPSA) is 279 Å². The molecule has 0 fully saturated rings. The van der Waals surface area contributed by atoms with Gasteiger partial charge in [0.2, 0.25) is 0 Å². The largest absolute Gasteiger partial charge is 0.505 e.